The second kappa shape index (κ2) is 38.2. The number of amides is 7. The Hall–Kier alpha value is -13.4. The Labute approximate surface area is 775 Å². The molecule has 0 bridgehead atoms. The average molecular weight is 1810 g/mol. The number of rotatable bonds is 8. The fraction of sp³-hybridized carbons (Fsp3) is 0.318. The molecule has 0 unspecified atom stereocenters. The van der Waals surface area contributed by atoms with Crippen molar-refractivity contribution < 1.29 is 66.4 Å². The van der Waals surface area contributed by atoms with Gasteiger partial charge in [-0.05, 0) is 227 Å². The monoisotopic (exact) mass is 1810 g/mol. The van der Waals surface area contributed by atoms with Crippen LogP contribution < -0.4 is 10.6 Å². The first-order chi connectivity index (χ1) is 64.0. The number of aryl methyl sites for hydroxylation is 2. The molecule has 12 aromatic rings. The maximum atomic E-state index is 13.0. The summed E-state index contributed by atoms with van der Waals surface area (Å²) >= 11 is 12.1. The summed E-state index contributed by atoms with van der Waals surface area (Å²) in [5.41, 5.74) is 17.2. The van der Waals surface area contributed by atoms with Gasteiger partial charge in [0, 0.05) is 144 Å². The molecule has 0 atom stereocenters. The summed E-state index contributed by atoms with van der Waals surface area (Å²) in [4.78, 5) is 120. The highest BCUT2D eigenvalue weighted by atomic mass is 35.5. The summed E-state index contributed by atoms with van der Waals surface area (Å²) in [6.07, 6.45) is 16.8. The van der Waals surface area contributed by atoms with E-state index in [9.17, 15) is 43.2 Å². The minimum absolute atomic E-state index is 0.00264. The van der Waals surface area contributed by atoms with Crippen LogP contribution in [0, 0.1) is 0 Å². The fourth-order valence-electron chi connectivity index (χ4n) is 21.2. The molecular formula is C107H103Cl2N9O14. The standard InChI is InChI=1S/C22H22N2O4.C22H24N2O2.C21H19Cl2NO2.C21H18N2O4.C21H20N2O2/c1-15(25)23-18-8-6-16(7-9-18)21(27)24-12-10-22(11-13-24)19-5-3-2-4-17(19)14-20(26)28-22;1-16(25)23-19-8-6-18(7-9-19)21(26)24-14-12-22(13-15-24)11-10-17-4-2-3-5-20(17)22;22-17-7-5-15(19(23)13-17)6-8-20(25)24-11-9-21(10-12-24)18-4-2-1-3-16(18)14-26-21;24-18-13-14-5-1-3-7-16(14)21(26-18)9-11-23(12-10-21)20(25)19-15-6-2-4-8-17(15)27-22-19;24-20(19-16-6-2-4-8-18(16)25-22-19)23-13-11-21(12-14-23)10-9-15-5-1-3-7-17(15)21/h2-9H,10-14H2,1H3,(H,23,25);2-9H,10-15H2,1H3,(H,23,25);1-8,13H,9-12,14H2;1-8H,9-13H2;1-8H,9-14H2/b;;8-6+;;. The van der Waals surface area contributed by atoms with E-state index in [2.05, 4.69) is 87.7 Å². The van der Waals surface area contributed by atoms with Crippen LogP contribution in [-0.2, 0) is 98.1 Å². The number of hydrogen-bond acceptors (Lipinski definition) is 16. The molecule has 7 amide bonds. The normalized spacial score (nSPS) is 18.2. The molecule has 10 aromatic carbocycles. The smallest absolute Gasteiger partial charge is 0.311 e. The maximum absolute atomic E-state index is 13.0. The quantitative estimate of drug-likeness (QED) is 0.106. The van der Waals surface area contributed by atoms with Crippen LogP contribution in [0.1, 0.15) is 194 Å². The summed E-state index contributed by atoms with van der Waals surface area (Å²) in [7, 11) is 0. The second-order valence-electron chi connectivity index (χ2n) is 36.0. The van der Waals surface area contributed by atoms with Gasteiger partial charge in [0.25, 0.3) is 23.6 Å². The van der Waals surface area contributed by atoms with Crippen LogP contribution in [0.4, 0.5) is 11.4 Å². The number of carbonyl (C=O) groups excluding carboxylic acids is 9. The Kier molecular flexibility index (Phi) is 25.8. The van der Waals surface area contributed by atoms with Crippen molar-refractivity contribution in [1.29, 1.82) is 0 Å². The van der Waals surface area contributed by atoms with Gasteiger partial charge in [0.15, 0.2) is 22.6 Å². The van der Waals surface area contributed by atoms with E-state index in [-0.39, 0.29) is 69.7 Å². The van der Waals surface area contributed by atoms with Crippen LogP contribution >= 0.6 is 23.2 Å². The maximum Gasteiger partial charge on any atom is 0.311 e. The van der Waals surface area contributed by atoms with Crippen molar-refractivity contribution >= 4 is 116 Å². The van der Waals surface area contributed by atoms with Crippen LogP contribution in [-0.4, -0.2) is 154 Å². The Morgan fingerprint density at radius 3 is 1.15 bits per heavy atom. The molecule has 5 fully saturated rings. The fourth-order valence-corrected chi connectivity index (χ4v) is 21.7. The van der Waals surface area contributed by atoms with Crippen molar-refractivity contribution in [3.05, 3.63) is 336 Å². The van der Waals surface area contributed by atoms with Crippen LogP contribution in [0.2, 0.25) is 10.0 Å². The molecule has 10 aliphatic rings. The number of benzene rings is 10. The number of nitrogens with one attached hydrogen (secondary N) is 2. The first kappa shape index (κ1) is 89.3. The van der Waals surface area contributed by atoms with Crippen LogP contribution in [0.15, 0.2) is 252 Å². The number of likely N-dealkylation sites (tertiary alicyclic amines) is 5. The third-order valence-electron chi connectivity index (χ3n) is 28.3. The Balaban J connectivity index is 0.000000111. The SMILES string of the molecule is CC(=O)Nc1ccc(C(=O)N2CCC3(CC2)OC(=O)Cc2ccccc23)cc1.CC(=O)Nc1ccc(C(=O)N2CCC3(CCc4ccccc43)CC2)cc1.O=C(/C=C/c1ccc(Cl)cc1Cl)N1CCC2(CC1)OCc1ccccc12.O=C(c1noc2ccccc12)N1CCC2(CCc3ccccc32)CC1.O=C1Cc2ccccc2C2(CCN(C(=O)c3noc4ccccc34)CC2)O1. The molecule has 0 saturated carbocycles. The van der Waals surface area contributed by atoms with Gasteiger partial charge in [0.2, 0.25) is 17.7 Å². The third-order valence-corrected chi connectivity index (χ3v) is 28.8. The number of aromatic nitrogens is 2. The van der Waals surface area contributed by atoms with E-state index in [4.69, 9.17) is 46.5 Å². The predicted molar refractivity (Wildman–Crippen MR) is 503 cm³/mol. The molecule has 23 nitrogen and oxygen atoms in total. The molecule has 132 heavy (non-hydrogen) atoms. The zero-order valence-corrected chi connectivity index (χ0v) is 75.4. The second-order valence-corrected chi connectivity index (χ2v) is 36.8. The van der Waals surface area contributed by atoms with Gasteiger partial charge in [0.1, 0.15) is 11.2 Å². The lowest BCUT2D eigenvalue weighted by Gasteiger charge is -2.44. The number of fused-ring (bicyclic) bond motifs is 12. The molecular weight excluding hydrogens is 1710 g/mol. The van der Waals surface area contributed by atoms with Crippen LogP contribution in [0.25, 0.3) is 28.0 Å². The molecule has 22 rings (SSSR count). The summed E-state index contributed by atoms with van der Waals surface area (Å²) < 4.78 is 28.3. The molecule has 2 aliphatic carbocycles. The molecule has 25 heteroatoms. The summed E-state index contributed by atoms with van der Waals surface area (Å²) in [5, 5.41) is 16.1. The topological polar surface area (TPSA) is 274 Å². The lowest BCUT2D eigenvalue weighted by molar-refractivity contribution is -0.169. The number of halogens is 2. The Morgan fingerprint density at radius 1 is 0.371 bits per heavy atom. The third kappa shape index (κ3) is 18.6. The number of esters is 2. The van der Waals surface area contributed by atoms with Gasteiger partial charge in [-0.1, -0.05) is 185 Å². The van der Waals surface area contributed by atoms with E-state index >= 15 is 0 Å². The van der Waals surface area contributed by atoms with E-state index in [1.807, 2.05) is 118 Å². The van der Waals surface area contributed by atoms with Gasteiger partial charge >= 0.3 is 11.9 Å². The number of carbonyl (C=O) groups is 9. The summed E-state index contributed by atoms with van der Waals surface area (Å²) in [5.74, 6) is -0.790. The first-order valence-corrected chi connectivity index (χ1v) is 46.3. The predicted octanol–water partition coefficient (Wildman–Crippen LogP) is 18.7. The van der Waals surface area contributed by atoms with Crippen molar-refractivity contribution in [3.8, 4) is 0 Å². The molecule has 5 spiro atoms. The lowest BCUT2D eigenvalue weighted by Crippen LogP contribution is -2.49. The van der Waals surface area contributed by atoms with Crippen molar-refractivity contribution in [2.75, 3.05) is 76.1 Å². The van der Waals surface area contributed by atoms with E-state index in [1.54, 1.807) is 88.7 Å². The number of para-hydroxylation sites is 2. The molecule has 5 saturated heterocycles. The van der Waals surface area contributed by atoms with Gasteiger partial charge < -0.3 is 58.4 Å². The Morgan fingerprint density at radius 2 is 0.727 bits per heavy atom. The van der Waals surface area contributed by atoms with Crippen molar-refractivity contribution in [3.63, 3.8) is 0 Å². The molecule has 2 N–H and O–H groups in total. The molecule has 0 radical (unpaired) electrons. The molecule has 674 valence electrons. The van der Waals surface area contributed by atoms with Crippen molar-refractivity contribution in [2.45, 2.75) is 151 Å². The van der Waals surface area contributed by atoms with Gasteiger partial charge in [-0.25, -0.2) is 0 Å². The first-order valence-electron chi connectivity index (χ1n) is 45.6. The average Bonchev–Trinajstić information content (AvgIpc) is 1.08. The number of hydrogen-bond donors (Lipinski definition) is 2. The largest absolute Gasteiger partial charge is 0.454 e. The zero-order chi connectivity index (χ0) is 91.3. The highest BCUT2D eigenvalue weighted by molar-refractivity contribution is 6.35. The van der Waals surface area contributed by atoms with E-state index in [0.29, 0.717) is 140 Å². The number of nitrogens with zero attached hydrogens (tertiary/aromatic N) is 7. The number of anilines is 2. The zero-order valence-electron chi connectivity index (χ0n) is 73.9. The van der Waals surface area contributed by atoms with Crippen LogP contribution in [0.5, 0.6) is 0 Å². The molecule has 10 heterocycles. The Bertz CT molecular complexity index is 6420. The van der Waals surface area contributed by atoms with Crippen LogP contribution in [0.3, 0.4) is 0 Å². The summed E-state index contributed by atoms with van der Waals surface area (Å²) in [6, 6.07) is 76.0. The van der Waals surface area contributed by atoms with E-state index < -0.39 is 11.2 Å². The van der Waals surface area contributed by atoms with E-state index in [1.165, 1.54) is 60.1 Å². The number of ether oxygens (including phenoxy) is 3. The minimum atomic E-state index is -0.630. The van der Waals surface area contributed by atoms with Crippen molar-refractivity contribution in [1.82, 2.24) is 34.8 Å². The number of piperidine rings is 5. The van der Waals surface area contributed by atoms with E-state index in [0.717, 1.165) is 116 Å². The van der Waals surface area contributed by atoms with Gasteiger partial charge in [0.05, 0.1) is 35.8 Å². The minimum Gasteiger partial charge on any atom is -0.454 e. The molecule has 2 aromatic heterocycles. The van der Waals surface area contributed by atoms with Gasteiger partial charge in [-0.15, -0.1) is 0 Å². The molecule has 8 aliphatic heterocycles. The highest BCUT2D eigenvalue weighted by Gasteiger charge is 2.49. The highest BCUT2D eigenvalue weighted by Crippen LogP contribution is 2.50. The van der Waals surface area contributed by atoms with Gasteiger partial charge in [-0.2, -0.15) is 0 Å². The summed E-state index contributed by atoms with van der Waals surface area (Å²) in [6.45, 7) is 10.2. The van der Waals surface area contributed by atoms with Gasteiger partial charge in [-0.3, -0.25) is 43.2 Å². The van der Waals surface area contributed by atoms with Crippen molar-refractivity contribution in [2.24, 2.45) is 0 Å². The lowest BCUT2D eigenvalue weighted by atomic mass is 9.74.